The number of benzene rings is 1. The number of carbonyl (C=O) groups is 1. The zero-order valence-electron chi connectivity index (χ0n) is 15.7. The Hall–Kier alpha value is -2.22. The lowest BCUT2D eigenvalue weighted by atomic mass is 9.84. The second-order valence-electron chi connectivity index (χ2n) is 8.05. The molecule has 8 heteroatoms. The fourth-order valence-corrected chi connectivity index (χ4v) is 5.30. The van der Waals surface area contributed by atoms with Crippen LogP contribution in [0.15, 0.2) is 34.9 Å². The second kappa shape index (κ2) is 7.66. The van der Waals surface area contributed by atoms with Crippen LogP contribution in [0.25, 0.3) is 0 Å². The van der Waals surface area contributed by atoms with E-state index in [2.05, 4.69) is 33.3 Å². The van der Waals surface area contributed by atoms with E-state index in [9.17, 15) is 14.9 Å². The highest BCUT2D eigenvalue weighted by atomic mass is 79.9. The molecule has 1 amide bonds. The van der Waals surface area contributed by atoms with Crippen molar-refractivity contribution in [2.45, 2.75) is 45.2 Å². The number of hydrogen-bond donors (Lipinski definition) is 1. The van der Waals surface area contributed by atoms with Crippen molar-refractivity contribution >= 4 is 27.7 Å². The molecule has 0 radical (unpaired) electrons. The summed E-state index contributed by atoms with van der Waals surface area (Å²) < 4.78 is 1.86. The van der Waals surface area contributed by atoms with Gasteiger partial charge in [0.25, 0.3) is 5.91 Å². The van der Waals surface area contributed by atoms with E-state index >= 15 is 0 Å². The summed E-state index contributed by atoms with van der Waals surface area (Å²) >= 11 is 3.15. The highest BCUT2D eigenvalue weighted by Gasteiger charge is 2.42. The Balaban J connectivity index is 1.36. The van der Waals surface area contributed by atoms with Crippen molar-refractivity contribution in [2.24, 2.45) is 17.8 Å². The number of rotatable bonds is 6. The van der Waals surface area contributed by atoms with Gasteiger partial charge in [-0.05, 0) is 82.5 Å². The van der Waals surface area contributed by atoms with Crippen LogP contribution in [-0.2, 0) is 6.54 Å². The van der Waals surface area contributed by atoms with Gasteiger partial charge in [-0.15, -0.1) is 0 Å². The van der Waals surface area contributed by atoms with Gasteiger partial charge >= 0.3 is 5.82 Å². The topological polar surface area (TPSA) is 90.1 Å². The summed E-state index contributed by atoms with van der Waals surface area (Å²) in [6.45, 7) is 2.52. The van der Waals surface area contributed by atoms with Crippen molar-refractivity contribution < 1.29 is 9.72 Å². The van der Waals surface area contributed by atoms with Crippen molar-refractivity contribution in [3.05, 3.63) is 56.2 Å². The molecule has 2 aromatic rings. The van der Waals surface area contributed by atoms with Gasteiger partial charge in [-0.1, -0.05) is 18.6 Å². The molecular formula is C20H23BrN4O3. The van der Waals surface area contributed by atoms with Gasteiger partial charge in [-0.3, -0.25) is 4.79 Å². The van der Waals surface area contributed by atoms with E-state index in [-0.39, 0.29) is 17.8 Å². The average molecular weight is 447 g/mol. The van der Waals surface area contributed by atoms with Crippen LogP contribution in [0.2, 0.25) is 0 Å². The van der Waals surface area contributed by atoms with Crippen LogP contribution < -0.4 is 5.32 Å². The number of halogens is 1. The average Bonchev–Trinajstić information content (AvgIpc) is 3.38. The number of nitrogens with one attached hydrogen (secondary N) is 1. The molecule has 4 atom stereocenters. The monoisotopic (exact) mass is 446 g/mol. The lowest BCUT2D eigenvalue weighted by Gasteiger charge is -2.28. The van der Waals surface area contributed by atoms with E-state index in [4.69, 9.17) is 0 Å². The van der Waals surface area contributed by atoms with Crippen molar-refractivity contribution in [1.82, 2.24) is 15.1 Å². The fraction of sp³-hybridized carbons (Fsp3) is 0.500. The molecule has 1 aromatic heterocycles. The van der Waals surface area contributed by atoms with Gasteiger partial charge in [-0.2, -0.15) is 4.68 Å². The largest absolute Gasteiger partial charge is 0.404 e. The fourth-order valence-electron chi connectivity index (χ4n) is 4.84. The summed E-state index contributed by atoms with van der Waals surface area (Å²) in [5.41, 5.74) is 1.55. The van der Waals surface area contributed by atoms with Gasteiger partial charge in [-0.25, -0.2) is 0 Å². The second-order valence-corrected chi connectivity index (χ2v) is 8.91. The number of carbonyl (C=O) groups excluding carboxylic acids is 1. The van der Waals surface area contributed by atoms with E-state index in [0.29, 0.717) is 22.5 Å². The number of hydrogen-bond acceptors (Lipinski definition) is 4. The number of fused-ring (bicyclic) bond motifs is 2. The Morgan fingerprint density at radius 1 is 1.36 bits per heavy atom. The Morgan fingerprint density at radius 3 is 2.68 bits per heavy atom. The molecule has 0 saturated heterocycles. The first-order valence-electron chi connectivity index (χ1n) is 9.68. The normalized spacial score (nSPS) is 24.3. The predicted octanol–water partition coefficient (Wildman–Crippen LogP) is 4.16. The third-order valence-electron chi connectivity index (χ3n) is 6.23. The molecule has 1 heterocycles. The van der Waals surface area contributed by atoms with Crippen LogP contribution in [0.3, 0.4) is 0 Å². The lowest BCUT2D eigenvalue weighted by molar-refractivity contribution is -0.390. The molecule has 1 N–H and O–H groups in total. The van der Waals surface area contributed by atoms with Gasteiger partial charge < -0.3 is 15.4 Å². The van der Waals surface area contributed by atoms with Crippen LogP contribution in [0, 0.1) is 27.9 Å². The summed E-state index contributed by atoms with van der Waals surface area (Å²) in [5, 5.41) is 18.0. The molecular weight excluding hydrogens is 424 g/mol. The smallest absolute Gasteiger partial charge is 0.358 e. The van der Waals surface area contributed by atoms with Gasteiger partial charge in [0.2, 0.25) is 0 Å². The Bertz CT molecular complexity index is 895. The van der Waals surface area contributed by atoms with Crippen LogP contribution in [0.5, 0.6) is 0 Å². The van der Waals surface area contributed by atoms with Crippen LogP contribution in [0.1, 0.15) is 48.5 Å². The molecule has 7 nitrogen and oxygen atoms in total. The molecule has 2 aliphatic carbocycles. The standard InChI is InChI=1S/C20H23BrN4O3/c1-12(17-9-14-4-7-16(17)8-14)22-20(26)15-5-2-13(3-6-15)10-24-11-18(21)19(23-24)25(27)28/h2-3,5-6,11-12,14,16-17H,4,7-10H2,1H3,(H,22,26)/t12-,14-,16-,17-/m1/s1. The summed E-state index contributed by atoms with van der Waals surface area (Å²) in [5.74, 6) is 2.01. The Kier molecular flexibility index (Phi) is 5.23. The van der Waals surface area contributed by atoms with E-state index in [1.807, 2.05) is 12.1 Å². The van der Waals surface area contributed by atoms with Crippen molar-refractivity contribution in [1.29, 1.82) is 0 Å². The van der Waals surface area contributed by atoms with E-state index in [1.165, 1.54) is 30.4 Å². The molecule has 28 heavy (non-hydrogen) atoms. The maximum atomic E-state index is 12.6. The maximum absolute atomic E-state index is 12.6. The molecule has 0 aliphatic heterocycles. The van der Waals surface area contributed by atoms with Gasteiger partial charge in [0.1, 0.15) is 4.47 Å². The summed E-state index contributed by atoms with van der Waals surface area (Å²) in [4.78, 5) is 23.0. The molecule has 148 valence electrons. The van der Waals surface area contributed by atoms with Crippen molar-refractivity contribution in [3.63, 3.8) is 0 Å². The minimum absolute atomic E-state index is 0.0423. The van der Waals surface area contributed by atoms with Gasteiger partial charge in [0, 0.05) is 11.6 Å². The van der Waals surface area contributed by atoms with Crippen molar-refractivity contribution in [3.8, 4) is 0 Å². The number of amides is 1. The van der Waals surface area contributed by atoms with E-state index < -0.39 is 4.92 Å². The maximum Gasteiger partial charge on any atom is 0.404 e. The highest BCUT2D eigenvalue weighted by molar-refractivity contribution is 9.10. The molecule has 1 aromatic carbocycles. The van der Waals surface area contributed by atoms with E-state index in [1.54, 1.807) is 18.3 Å². The van der Waals surface area contributed by atoms with Crippen LogP contribution >= 0.6 is 15.9 Å². The van der Waals surface area contributed by atoms with Crippen LogP contribution in [-0.4, -0.2) is 26.7 Å². The minimum atomic E-state index is -0.522. The third kappa shape index (κ3) is 3.83. The lowest BCUT2D eigenvalue weighted by Crippen LogP contribution is -2.40. The molecule has 0 spiro atoms. The predicted molar refractivity (Wildman–Crippen MR) is 108 cm³/mol. The molecule has 2 aliphatic rings. The molecule has 4 rings (SSSR count). The van der Waals surface area contributed by atoms with Gasteiger partial charge in [0.05, 0.1) is 17.8 Å². The summed E-state index contributed by atoms with van der Waals surface area (Å²) in [6.07, 6.45) is 6.83. The van der Waals surface area contributed by atoms with Crippen LogP contribution in [0.4, 0.5) is 5.82 Å². The Morgan fingerprint density at radius 2 is 2.11 bits per heavy atom. The molecule has 2 saturated carbocycles. The number of nitro groups is 1. The van der Waals surface area contributed by atoms with Crippen molar-refractivity contribution in [2.75, 3.05) is 0 Å². The SMILES string of the molecule is C[C@@H](NC(=O)c1ccc(Cn2cc(Br)c([N+](=O)[O-])n2)cc1)[C@H]1C[C@@H]2CC[C@@H]1C2. The Labute approximate surface area is 171 Å². The molecule has 2 bridgehead atoms. The first-order valence-corrected chi connectivity index (χ1v) is 10.5. The van der Waals surface area contributed by atoms with Gasteiger partial charge in [0.15, 0.2) is 0 Å². The highest BCUT2D eigenvalue weighted by Crippen LogP contribution is 2.49. The zero-order valence-corrected chi connectivity index (χ0v) is 17.3. The number of aromatic nitrogens is 2. The minimum Gasteiger partial charge on any atom is -0.358 e. The molecule has 0 unspecified atom stereocenters. The first-order chi connectivity index (χ1) is 13.4. The summed E-state index contributed by atoms with van der Waals surface area (Å²) in [7, 11) is 0. The zero-order chi connectivity index (χ0) is 19.8. The van der Waals surface area contributed by atoms with E-state index in [0.717, 1.165) is 17.4 Å². The third-order valence-corrected chi connectivity index (χ3v) is 6.79. The number of nitrogens with zero attached hydrogens (tertiary/aromatic N) is 3. The first kappa shape index (κ1) is 19.1. The quantitative estimate of drug-likeness (QED) is 0.532. The summed E-state index contributed by atoms with van der Waals surface area (Å²) in [6, 6.07) is 7.51. The molecule has 2 fully saturated rings.